The Labute approximate surface area is 183 Å². The molecule has 3 rings (SSSR count). The number of nitro groups is 1. The van der Waals surface area contributed by atoms with Crippen LogP contribution in [0, 0.1) is 10.1 Å². The summed E-state index contributed by atoms with van der Waals surface area (Å²) >= 11 is 0. The topological polar surface area (TPSA) is 128 Å². The third-order valence-corrected chi connectivity index (χ3v) is 5.13. The van der Waals surface area contributed by atoms with Crippen LogP contribution in [0.3, 0.4) is 0 Å². The number of likely N-dealkylation sites (tertiary alicyclic amines) is 1. The Bertz CT molecular complexity index is 1100. The van der Waals surface area contributed by atoms with Gasteiger partial charge in [-0.05, 0) is 6.07 Å². The van der Waals surface area contributed by atoms with Gasteiger partial charge in [-0.25, -0.2) is 0 Å². The summed E-state index contributed by atoms with van der Waals surface area (Å²) in [7, 11) is 4.33. The van der Waals surface area contributed by atoms with Crippen LogP contribution in [-0.4, -0.2) is 61.1 Å². The summed E-state index contributed by atoms with van der Waals surface area (Å²) in [5.41, 5.74) is -0.0266. The lowest BCUT2D eigenvalue weighted by atomic mass is 9.94. The number of non-ortho nitro benzene ring substituents is 1. The van der Waals surface area contributed by atoms with Gasteiger partial charge in [-0.1, -0.05) is 24.3 Å². The predicted molar refractivity (Wildman–Crippen MR) is 114 cm³/mol. The van der Waals surface area contributed by atoms with E-state index >= 15 is 0 Å². The normalized spacial score (nSPS) is 17.5. The van der Waals surface area contributed by atoms with Gasteiger partial charge < -0.3 is 24.2 Å². The first-order valence-electron chi connectivity index (χ1n) is 9.58. The number of methoxy groups -OCH3 is 3. The van der Waals surface area contributed by atoms with Gasteiger partial charge in [-0.2, -0.15) is 0 Å². The number of rotatable bonds is 8. The Balaban J connectivity index is 2.27. The molecule has 1 aliphatic rings. The van der Waals surface area contributed by atoms with Gasteiger partial charge in [0, 0.05) is 36.9 Å². The molecule has 0 spiro atoms. The van der Waals surface area contributed by atoms with Gasteiger partial charge >= 0.3 is 0 Å². The number of ketones is 1. The first-order valence-corrected chi connectivity index (χ1v) is 9.58. The summed E-state index contributed by atoms with van der Waals surface area (Å²) in [6.45, 7) is 0.213. The van der Waals surface area contributed by atoms with Crippen LogP contribution in [-0.2, 0) is 14.3 Å². The molecule has 1 saturated heterocycles. The molecular weight excluding hydrogens is 420 g/mol. The maximum atomic E-state index is 13.0. The van der Waals surface area contributed by atoms with E-state index in [9.17, 15) is 24.8 Å². The smallest absolute Gasteiger partial charge is 0.295 e. The number of nitrogens with zero attached hydrogens (tertiary/aromatic N) is 2. The van der Waals surface area contributed by atoms with Crippen LogP contribution in [0.4, 0.5) is 5.69 Å². The number of hydrogen-bond donors (Lipinski definition) is 1. The first kappa shape index (κ1) is 22.8. The second-order valence-electron chi connectivity index (χ2n) is 6.88. The lowest BCUT2D eigenvalue weighted by Crippen LogP contribution is -2.32. The average molecular weight is 442 g/mol. The zero-order valence-electron chi connectivity index (χ0n) is 17.7. The number of hydrogen-bond acceptors (Lipinski definition) is 8. The zero-order chi connectivity index (χ0) is 23.4. The number of para-hydroxylation sites is 1. The molecule has 1 N–H and O–H groups in total. The molecule has 2 aromatic rings. The van der Waals surface area contributed by atoms with Crippen LogP contribution in [0.2, 0.25) is 0 Å². The molecule has 10 heteroatoms. The van der Waals surface area contributed by atoms with Crippen molar-refractivity contribution in [3.63, 3.8) is 0 Å². The number of amides is 1. The Morgan fingerprint density at radius 2 is 1.84 bits per heavy atom. The highest BCUT2D eigenvalue weighted by Crippen LogP contribution is 2.45. The van der Waals surface area contributed by atoms with E-state index in [0.717, 1.165) is 6.07 Å². The molecule has 168 valence electrons. The summed E-state index contributed by atoms with van der Waals surface area (Å²) in [6.07, 6.45) is 0. The van der Waals surface area contributed by atoms with Gasteiger partial charge in [0.2, 0.25) is 0 Å². The Morgan fingerprint density at radius 1 is 1.12 bits per heavy atom. The number of ether oxygens (including phenoxy) is 3. The molecule has 1 atom stereocenters. The van der Waals surface area contributed by atoms with Crippen molar-refractivity contribution in [2.45, 2.75) is 6.04 Å². The van der Waals surface area contributed by atoms with Crippen molar-refractivity contribution in [2.75, 3.05) is 34.5 Å². The zero-order valence-corrected chi connectivity index (χ0v) is 17.7. The van der Waals surface area contributed by atoms with E-state index in [-0.39, 0.29) is 35.7 Å². The number of carbonyl (C=O) groups excluding carboxylic acids is 2. The fraction of sp³-hybridized carbons (Fsp3) is 0.273. The largest absolute Gasteiger partial charge is 0.507 e. The van der Waals surface area contributed by atoms with E-state index in [0.29, 0.717) is 11.3 Å². The molecule has 1 amide bonds. The Morgan fingerprint density at radius 3 is 2.47 bits per heavy atom. The molecule has 10 nitrogen and oxygen atoms in total. The van der Waals surface area contributed by atoms with Crippen molar-refractivity contribution in [3.8, 4) is 11.5 Å². The first-order chi connectivity index (χ1) is 15.3. The minimum atomic E-state index is -1.02. The maximum Gasteiger partial charge on any atom is 0.295 e. The van der Waals surface area contributed by atoms with E-state index in [1.54, 1.807) is 18.2 Å². The van der Waals surface area contributed by atoms with Gasteiger partial charge in [0.05, 0.1) is 37.4 Å². The minimum Gasteiger partial charge on any atom is -0.507 e. The Hall–Kier alpha value is -3.92. The maximum absolute atomic E-state index is 13.0. The number of nitro benzene ring substituents is 1. The van der Waals surface area contributed by atoms with Crippen LogP contribution in [0.25, 0.3) is 5.76 Å². The van der Waals surface area contributed by atoms with Crippen molar-refractivity contribution in [3.05, 3.63) is 69.3 Å². The van der Waals surface area contributed by atoms with Crippen LogP contribution in [0.5, 0.6) is 11.5 Å². The highest BCUT2D eigenvalue weighted by molar-refractivity contribution is 6.46. The molecule has 0 saturated carbocycles. The van der Waals surface area contributed by atoms with Crippen molar-refractivity contribution in [1.29, 1.82) is 0 Å². The molecule has 0 aromatic heterocycles. The number of benzene rings is 2. The van der Waals surface area contributed by atoms with E-state index in [1.807, 2.05) is 0 Å². The molecule has 1 heterocycles. The van der Waals surface area contributed by atoms with Gasteiger partial charge in [-0.3, -0.25) is 19.7 Å². The standard InChI is InChI=1S/C22H22N2O8/c1-30-11-10-23-18(15-8-5-9-16(31-2)21(15)32-3)17(20(26)22(23)27)19(25)13-6-4-7-14(12-13)24(28)29/h4-9,12,18,25H,10-11H2,1-3H3/b19-17+. The highest BCUT2D eigenvalue weighted by atomic mass is 16.6. The Kier molecular flexibility index (Phi) is 6.74. The number of Topliss-reactive ketones (excluding diaryl/α,β-unsaturated/α-hetero) is 1. The lowest BCUT2D eigenvalue weighted by Gasteiger charge is -2.27. The summed E-state index contributed by atoms with van der Waals surface area (Å²) in [6, 6.07) is 9.16. The summed E-state index contributed by atoms with van der Waals surface area (Å²) < 4.78 is 15.9. The van der Waals surface area contributed by atoms with E-state index < -0.39 is 28.4 Å². The molecule has 1 fully saturated rings. The molecule has 0 radical (unpaired) electrons. The molecule has 1 aliphatic heterocycles. The minimum absolute atomic E-state index is 0.0378. The second-order valence-corrected chi connectivity index (χ2v) is 6.88. The van der Waals surface area contributed by atoms with Gasteiger partial charge in [-0.15, -0.1) is 0 Å². The average Bonchev–Trinajstić information content (AvgIpc) is 3.06. The van der Waals surface area contributed by atoms with E-state index in [2.05, 4.69) is 0 Å². The molecule has 1 unspecified atom stereocenters. The van der Waals surface area contributed by atoms with Gasteiger partial charge in [0.1, 0.15) is 5.76 Å². The molecule has 2 aromatic carbocycles. The molecular formula is C22H22N2O8. The second kappa shape index (κ2) is 9.48. The van der Waals surface area contributed by atoms with Crippen LogP contribution in [0.15, 0.2) is 48.0 Å². The van der Waals surface area contributed by atoms with Crippen LogP contribution < -0.4 is 9.47 Å². The monoisotopic (exact) mass is 442 g/mol. The predicted octanol–water partition coefficient (Wildman–Crippen LogP) is 2.68. The summed E-state index contributed by atoms with van der Waals surface area (Å²) in [5, 5.41) is 22.2. The van der Waals surface area contributed by atoms with Crippen molar-refractivity contribution >= 4 is 23.1 Å². The fourth-order valence-corrected chi connectivity index (χ4v) is 3.67. The number of aliphatic hydroxyl groups is 1. The van der Waals surface area contributed by atoms with Gasteiger partial charge in [0.25, 0.3) is 17.4 Å². The quantitative estimate of drug-likeness (QED) is 0.217. The van der Waals surface area contributed by atoms with Crippen molar-refractivity contribution in [2.24, 2.45) is 0 Å². The number of carbonyl (C=O) groups is 2. The summed E-state index contributed by atoms with van der Waals surface area (Å²) in [5.74, 6) is -1.61. The molecule has 0 bridgehead atoms. The SMILES string of the molecule is COCCN1C(=O)C(=O)/C(=C(/O)c2cccc([N+](=O)[O-])c2)C1c1cccc(OC)c1OC. The third kappa shape index (κ3) is 4.00. The number of aliphatic hydroxyl groups excluding tert-OH is 1. The van der Waals surface area contributed by atoms with Gasteiger partial charge in [0.15, 0.2) is 11.5 Å². The van der Waals surface area contributed by atoms with Crippen LogP contribution in [0.1, 0.15) is 17.2 Å². The van der Waals surface area contributed by atoms with E-state index in [4.69, 9.17) is 14.2 Å². The fourth-order valence-electron chi connectivity index (χ4n) is 3.67. The molecule has 0 aliphatic carbocycles. The third-order valence-electron chi connectivity index (χ3n) is 5.13. The summed E-state index contributed by atoms with van der Waals surface area (Å²) in [4.78, 5) is 37.7. The highest BCUT2D eigenvalue weighted by Gasteiger charge is 2.47. The lowest BCUT2D eigenvalue weighted by molar-refractivity contribution is -0.384. The molecule has 32 heavy (non-hydrogen) atoms. The van der Waals surface area contributed by atoms with E-state index in [1.165, 1.54) is 44.4 Å². The van der Waals surface area contributed by atoms with Crippen LogP contribution >= 0.6 is 0 Å². The van der Waals surface area contributed by atoms with Crippen molar-refractivity contribution in [1.82, 2.24) is 4.90 Å². The van der Waals surface area contributed by atoms with Crippen molar-refractivity contribution < 1.29 is 33.8 Å².